The monoisotopic (exact) mass is 145 g/mol. The Morgan fingerprint density at radius 2 is 2.00 bits per heavy atom. The van der Waals surface area contributed by atoms with E-state index in [0.717, 1.165) is 0 Å². The van der Waals surface area contributed by atoms with Gasteiger partial charge in [0.15, 0.2) is 0 Å². The summed E-state index contributed by atoms with van der Waals surface area (Å²) in [6.45, 7) is 5.49. The van der Waals surface area contributed by atoms with Gasteiger partial charge in [0, 0.05) is 7.05 Å². The van der Waals surface area contributed by atoms with Crippen molar-refractivity contribution in [3.63, 3.8) is 0 Å². The summed E-state index contributed by atoms with van der Waals surface area (Å²) in [5.41, 5.74) is -0.111. The van der Waals surface area contributed by atoms with Gasteiger partial charge in [0.05, 0.1) is 18.8 Å². The van der Waals surface area contributed by atoms with Crippen molar-refractivity contribution in [2.45, 2.75) is 19.4 Å². The van der Waals surface area contributed by atoms with E-state index in [1.807, 2.05) is 0 Å². The summed E-state index contributed by atoms with van der Waals surface area (Å²) in [5, 5.41) is 10.5. The first-order valence-electron chi connectivity index (χ1n) is 3.60. The van der Waals surface area contributed by atoms with Gasteiger partial charge in [-0.3, -0.25) is 0 Å². The number of nitrogens with zero attached hydrogens (tertiary/aromatic N) is 1. The van der Waals surface area contributed by atoms with Crippen LogP contribution in [0.2, 0.25) is 0 Å². The van der Waals surface area contributed by atoms with E-state index in [9.17, 15) is 5.21 Å². The Kier molecular flexibility index (Phi) is 1.99. The largest absolute Gasteiger partial charge is 0.377 e. The summed E-state index contributed by atoms with van der Waals surface area (Å²) in [6.07, 6.45) is 0. The van der Waals surface area contributed by atoms with E-state index in [2.05, 4.69) is 13.8 Å². The summed E-state index contributed by atoms with van der Waals surface area (Å²) < 4.78 is 5.06. The lowest BCUT2D eigenvalue weighted by Crippen LogP contribution is -2.63. The van der Waals surface area contributed by atoms with Crippen LogP contribution in [0.25, 0.3) is 0 Å². The second-order valence-electron chi connectivity index (χ2n) is 3.27. The van der Waals surface area contributed by atoms with Crippen molar-refractivity contribution >= 4 is 0 Å². The molecular formula is C7H15NO2. The van der Waals surface area contributed by atoms with Crippen LogP contribution in [0.1, 0.15) is 13.8 Å². The Morgan fingerprint density at radius 1 is 1.50 bits per heavy atom. The van der Waals surface area contributed by atoms with E-state index < -0.39 is 0 Å². The van der Waals surface area contributed by atoms with E-state index >= 15 is 0 Å². The van der Waals surface area contributed by atoms with Gasteiger partial charge in [-0.05, 0) is 5.92 Å². The zero-order valence-corrected chi connectivity index (χ0v) is 6.79. The number of hydrogen-bond acceptors (Lipinski definition) is 3. The predicted octanol–water partition coefficient (Wildman–Crippen LogP) is 0.732. The molecule has 1 heterocycles. The standard InChI is InChI=1S/C7H15NO2/c1-6(2)7(8(3)9)4-10-5-7/h6,9H,4-5H2,1-3H3. The molecule has 0 atom stereocenters. The maximum Gasteiger partial charge on any atom is 0.0944 e. The molecule has 1 N–H and O–H groups in total. The van der Waals surface area contributed by atoms with Crippen molar-refractivity contribution in [2.24, 2.45) is 5.92 Å². The molecule has 0 unspecified atom stereocenters. The van der Waals surface area contributed by atoms with Gasteiger partial charge in [-0.2, -0.15) is 5.06 Å². The van der Waals surface area contributed by atoms with Crippen LogP contribution in [0, 0.1) is 5.92 Å². The quantitative estimate of drug-likeness (QED) is 0.581. The Hall–Kier alpha value is -0.120. The third-order valence-electron chi connectivity index (χ3n) is 2.42. The van der Waals surface area contributed by atoms with Gasteiger partial charge in [-0.15, -0.1) is 0 Å². The molecule has 0 saturated carbocycles. The fourth-order valence-electron chi connectivity index (χ4n) is 1.21. The molecule has 0 aromatic rings. The Balaban J connectivity index is 2.59. The Morgan fingerprint density at radius 3 is 2.00 bits per heavy atom. The maximum absolute atomic E-state index is 9.25. The number of rotatable bonds is 2. The van der Waals surface area contributed by atoms with Crippen LogP contribution in [0.4, 0.5) is 0 Å². The van der Waals surface area contributed by atoms with Gasteiger partial charge in [-0.1, -0.05) is 13.8 Å². The molecule has 0 amide bonds. The Bertz CT molecular complexity index is 109. The van der Waals surface area contributed by atoms with Crippen LogP contribution in [0.3, 0.4) is 0 Å². The zero-order chi connectivity index (χ0) is 7.78. The topological polar surface area (TPSA) is 32.7 Å². The molecule has 0 aromatic carbocycles. The highest BCUT2D eigenvalue weighted by molar-refractivity contribution is 4.94. The van der Waals surface area contributed by atoms with Crippen molar-refractivity contribution in [2.75, 3.05) is 20.3 Å². The number of likely N-dealkylation sites (N-methyl/N-ethyl adjacent to an activating group) is 1. The van der Waals surface area contributed by atoms with Gasteiger partial charge >= 0.3 is 0 Å². The minimum Gasteiger partial charge on any atom is -0.377 e. The summed E-state index contributed by atoms with van der Waals surface area (Å²) in [5.74, 6) is 0.441. The van der Waals surface area contributed by atoms with Crippen LogP contribution >= 0.6 is 0 Å². The molecule has 1 rings (SSSR count). The van der Waals surface area contributed by atoms with Crippen molar-refractivity contribution in [1.82, 2.24) is 5.06 Å². The van der Waals surface area contributed by atoms with Crippen LogP contribution in [0.5, 0.6) is 0 Å². The fourth-order valence-corrected chi connectivity index (χ4v) is 1.21. The van der Waals surface area contributed by atoms with Crippen molar-refractivity contribution in [3.8, 4) is 0 Å². The predicted molar refractivity (Wildman–Crippen MR) is 37.9 cm³/mol. The summed E-state index contributed by atoms with van der Waals surface area (Å²) in [7, 11) is 1.68. The number of hydroxylamine groups is 2. The van der Waals surface area contributed by atoms with E-state index in [1.54, 1.807) is 7.05 Å². The molecule has 0 spiro atoms. The molecule has 3 heteroatoms. The van der Waals surface area contributed by atoms with Crippen molar-refractivity contribution in [1.29, 1.82) is 0 Å². The first kappa shape index (κ1) is 7.98. The number of ether oxygens (including phenoxy) is 1. The first-order chi connectivity index (χ1) is 4.59. The van der Waals surface area contributed by atoms with E-state index in [4.69, 9.17) is 4.74 Å². The second-order valence-corrected chi connectivity index (χ2v) is 3.27. The highest BCUT2D eigenvalue weighted by atomic mass is 16.5. The van der Waals surface area contributed by atoms with Gasteiger partial charge in [-0.25, -0.2) is 0 Å². The lowest BCUT2D eigenvalue weighted by molar-refractivity contribution is -0.261. The lowest BCUT2D eigenvalue weighted by atomic mass is 9.84. The number of hydrogen-bond donors (Lipinski definition) is 1. The van der Waals surface area contributed by atoms with E-state index in [-0.39, 0.29) is 5.54 Å². The first-order valence-corrected chi connectivity index (χ1v) is 3.60. The van der Waals surface area contributed by atoms with Gasteiger partial charge < -0.3 is 9.94 Å². The maximum atomic E-state index is 9.25. The molecular weight excluding hydrogens is 130 g/mol. The SMILES string of the molecule is CC(C)C1(N(C)O)COC1. The molecule has 1 aliphatic heterocycles. The smallest absolute Gasteiger partial charge is 0.0944 e. The summed E-state index contributed by atoms with van der Waals surface area (Å²) in [6, 6.07) is 0. The molecule has 60 valence electrons. The van der Waals surface area contributed by atoms with Crippen LogP contribution < -0.4 is 0 Å². The van der Waals surface area contributed by atoms with E-state index in [1.165, 1.54) is 5.06 Å². The minimum absolute atomic E-state index is 0.111. The molecule has 1 saturated heterocycles. The summed E-state index contributed by atoms with van der Waals surface area (Å²) >= 11 is 0. The molecule has 0 aromatic heterocycles. The highest BCUT2D eigenvalue weighted by Gasteiger charge is 2.45. The van der Waals surface area contributed by atoms with Crippen LogP contribution in [-0.4, -0.2) is 36.1 Å². The van der Waals surface area contributed by atoms with Crippen LogP contribution in [0.15, 0.2) is 0 Å². The molecule has 10 heavy (non-hydrogen) atoms. The van der Waals surface area contributed by atoms with Crippen molar-refractivity contribution < 1.29 is 9.94 Å². The van der Waals surface area contributed by atoms with Gasteiger partial charge in [0.1, 0.15) is 0 Å². The summed E-state index contributed by atoms with van der Waals surface area (Å²) in [4.78, 5) is 0. The molecule has 0 aliphatic carbocycles. The van der Waals surface area contributed by atoms with E-state index in [0.29, 0.717) is 19.1 Å². The normalized spacial score (nSPS) is 23.4. The average Bonchev–Trinajstić information content (AvgIpc) is 1.57. The fraction of sp³-hybridized carbons (Fsp3) is 1.00. The molecule has 0 radical (unpaired) electrons. The van der Waals surface area contributed by atoms with Gasteiger partial charge in [0.25, 0.3) is 0 Å². The van der Waals surface area contributed by atoms with Gasteiger partial charge in [0.2, 0.25) is 0 Å². The molecule has 1 fully saturated rings. The highest BCUT2D eigenvalue weighted by Crippen LogP contribution is 2.30. The minimum atomic E-state index is -0.111. The second kappa shape index (κ2) is 2.49. The average molecular weight is 145 g/mol. The molecule has 3 nitrogen and oxygen atoms in total. The third-order valence-corrected chi connectivity index (χ3v) is 2.42. The Labute approximate surface area is 61.5 Å². The van der Waals surface area contributed by atoms with Crippen molar-refractivity contribution in [3.05, 3.63) is 0 Å². The zero-order valence-electron chi connectivity index (χ0n) is 6.79. The third kappa shape index (κ3) is 0.944. The molecule has 1 aliphatic rings. The van der Waals surface area contributed by atoms with Crippen LogP contribution in [-0.2, 0) is 4.74 Å². The molecule has 0 bridgehead atoms. The lowest BCUT2D eigenvalue weighted by Gasteiger charge is -2.47.